The molecule has 5 nitrogen and oxygen atoms in total. The molecule has 0 spiro atoms. The van der Waals surface area contributed by atoms with Gasteiger partial charge in [-0.3, -0.25) is 4.79 Å². The van der Waals surface area contributed by atoms with Crippen molar-refractivity contribution in [1.29, 1.82) is 0 Å². The maximum atomic E-state index is 13.2. The van der Waals surface area contributed by atoms with E-state index in [4.69, 9.17) is 0 Å². The van der Waals surface area contributed by atoms with Gasteiger partial charge in [0.25, 0.3) is 5.91 Å². The van der Waals surface area contributed by atoms with Crippen LogP contribution in [0.4, 0.5) is 20.4 Å². The van der Waals surface area contributed by atoms with Crippen LogP contribution in [0, 0.1) is 18.6 Å². The number of halogens is 2. The molecule has 0 atom stereocenters. The summed E-state index contributed by atoms with van der Waals surface area (Å²) in [6.45, 7) is 3.56. The van der Waals surface area contributed by atoms with Gasteiger partial charge >= 0.3 is 0 Å². The minimum atomic E-state index is -1.01. The number of carbonyl (C=O) groups is 1. The van der Waals surface area contributed by atoms with Crippen LogP contribution in [0.15, 0.2) is 24.4 Å². The van der Waals surface area contributed by atoms with Crippen LogP contribution in [-0.2, 0) is 0 Å². The van der Waals surface area contributed by atoms with Crippen molar-refractivity contribution in [2.75, 3.05) is 23.3 Å². The van der Waals surface area contributed by atoms with Gasteiger partial charge in [-0.05, 0) is 31.9 Å². The van der Waals surface area contributed by atoms with Crippen LogP contribution >= 0.6 is 0 Å². The lowest BCUT2D eigenvalue weighted by Gasteiger charge is -2.16. The van der Waals surface area contributed by atoms with Gasteiger partial charge in [0, 0.05) is 31.0 Å². The second-order valence-electron chi connectivity index (χ2n) is 5.45. The summed E-state index contributed by atoms with van der Waals surface area (Å²) in [5.41, 5.74) is 1.02. The molecule has 1 aromatic heterocycles. The molecule has 2 aromatic rings. The lowest BCUT2D eigenvalue weighted by atomic mass is 10.2. The zero-order chi connectivity index (χ0) is 16.4. The first-order valence-electron chi connectivity index (χ1n) is 7.39. The monoisotopic (exact) mass is 318 g/mol. The second kappa shape index (κ2) is 6.28. The number of aryl methyl sites for hydroxylation is 1. The summed E-state index contributed by atoms with van der Waals surface area (Å²) in [6, 6.07) is 3.19. The molecule has 0 aliphatic carbocycles. The minimum absolute atomic E-state index is 0.178. The van der Waals surface area contributed by atoms with Crippen LogP contribution in [0.25, 0.3) is 0 Å². The number of carbonyl (C=O) groups excluding carboxylic acids is 1. The van der Waals surface area contributed by atoms with Gasteiger partial charge in [-0.1, -0.05) is 0 Å². The number of rotatable bonds is 3. The molecule has 0 bridgehead atoms. The molecule has 1 aliphatic heterocycles. The van der Waals surface area contributed by atoms with Gasteiger partial charge in [0.15, 0.2) is 11.6 Å². The fourth-order valence-electron chi connectivity index (χ4n) is 2.52. The fraction of sp³-hybridized carbons (Fsp3) is 0.312. The molecule has 7 heteroatoms. The maximum absolute atomic E-state index is 13.2. The van der Waals surface area contributed by atoms with Crippen molar-refractivity contribution in [3.8, 4) is 0 Å². The Labute approximate surface area is 132 Å². The van der Waals surface area contributed by atoms with Crippen molar-refractivity contribution in [2.24, 2.45) is 0 Å². The average molecular weight is 318 g/mol. The Morgan fingerprint density at radius 3 is 2.61 bits per heavy atom. The number of amides is 1. The SMILES string of the molecule is Cc1nc(N2CCCC2)ncc1C(=O)Nc1ccc(F)c(F)c1. The van der Waals surface area contributed by atoms with Gasteiger partial charge < -0.3 is 10.2 Å². The highest BCUT2D eigenvalue weighted by atomic mass is 19.2. The molecule has 1 aromatic carbocycles. The zero-order valence-corrected chi connectivity index (χ0v) is 12.6. The fourth-order valence-corrected chi connectivity index (χ4v) is 2.52. The van der Waals surface area contributed by atoms with Crippen LogP contribution in [0.2, 0.25) is 0 Å². The molecule has 0 unspecified atom stereocenters. The molecule has 1 saturated heterocycles. The van der Waals surface area contributed by atoms with E-state index in [1.54, 1.807) is 6.92 Å². The molecule has 0 radical (unpaired) electrons. The van der Waals surface area contributed by atoms with Crippen molar-refractivity contribution in [3.05, 3.63) is 47.3 Å². The van der Waals surface area contributed by atoms with Crippen LogP contribution in [0.1, 0.15) is 28.9 Å². The Balaban J connectivity index is 1.77. The molecule has 23 heavy (non-hydrogen) atoms. The summed E-state index contributed by atoms with van der Waals surface area (Å²) in [6.07, 6.45) is 3.69. The molecular formula is C16H16F2N4O. The number of aromatic nitrogens is 2. The van der Waals surface area contributed by atoms with Crippen molar-refractivity contribution < 1.29 is 13.6 Å². The highest BCUT2D eigenvalue weighted by Gasteiger charge is 2.18. The van der Waals surface area contributed by atoms with E-state index < -0.39 is 17.5 Å². The van der Waals surface area contributed by atoms with Crippen molar-refractivity contribution in [1.82, 2.24) is 9.97 Å². The Morgan fingerprint density at radius 2 is 1.96 bits per heavy atom. The summed E-state index contributed by atoms with van der Waals surface area (Å²) in [5, 5.41) is 2.52. The van der Waals surface area contributed by atoms with Gasteiger partial charge in [0.1, 0.15) is 0 Å². The lowest BCUT2D eigenvalue weighted by Crippen LogP contribution is -2.22. The predicted molar refractivity (Wildman–Crippen MR) is 82.5 cm³/mol. The molecule has 0 saturated carbocycles. The van der Waals surface area contributed by atoms with Crippen molar-refractivity contribution in [3.63, 3.8) is 0 Å². The molecule has 1 fully saturated rings. The Hall–Kier alpha value is -2.57. The van der Waals surface area contributed by atoms with E-state index in [1.165, 1.54) is 12.3 Å². The Bertz CT molecular complexity index is 745. The van der Waals surface area contributed by atoms with Crippen molar-refractivity contribution in [2.45, 2.75) is 19.8 Å². The molecule has 3 rings (SSSR count). The topological polar surface area (TPSA) is 58.1 Å². The molecule has 1 N–H and O–H groups in total. The predicted octanol–water partition coefficient (Wildman–Crippen LogP) is 2.92. The van der Waals surface area contributed by atoms with Gasteiger partial charge in [-0.25, -0.2) is 18.7 Å². The first-order chi connectivity index (χ1) is 11.0. The second-order valence-corrected chi connectivity index (χ2v) is 5.45. The van der Waals surface area contributed by atoms with Crippen LogP contribution in [0.3, 0.4) is 0 Å². The van der Waals surface area contributed by atoms with Crippen LogP contribution < -0.4 is 10.2 Å². The standard InChI is InChI=1S/C16H16F2N4O/c1-10-12(9-19-16(20-10)22-6-2-3-7-22)15(23)21-11-4-5-13(17)14(18)8-11/h4-5,8-9H,2-3,6-7H2,1H3,(H,21,23). The van der Waals surface area contributed by atoms with E-state index >= 15 is 0 Å². The number of nitrogens with one attached hydrogen (secondary N) is 1. The molecule has 120 valence electrons. The van der Waals surface area contributed by atoms with E-state index in [-0.39, 0.29) is 5.69 Å². The zero-order valence-electron chi connectivity index (χ0n) is 12.6. The first kappa shape index (κ1) is 15.3. The summed E-state index contributed by atoms with van der Waals surface area (Å²) < 4.78 is 26.1. The minimum Gasteiger partial charge on any atom is -0.341 e. The van der Waals surface area contributed by atoms with E-state index in [9.17, 15) is 13.6 Å². The van der Waals surface area contributed by atoms with Crippen LogP contribution in [0.5, 0.6) is 0 Å². The van der Waals surface area contributed by atoms with E-state index in [2.05, 4.69) is 20.2 Å². The number of nitrogens with zero attached hydrogens (tertiary/aromatic N) is 3. The summed E-state index contributed by atoms with van der Waals surface area (Å²) >= 11 is 0. The van der Waals surface area contributed by atoms with E-state index in [1.807, 2.05) is 0 Å². The highest BCUT2D eigenvalue weighted by Crippen LogP contribution is 2.18. The van der Waals surface area contributed by atoms with Crippen molar-refractivity contribution >= 4 is 17.5 Å². The third-order valence-electron chi connectivity index (χ3n) is 3.78. The quantitative estimate of drug-likeness (QED) is 0.945. The number of benzene rings is 1. The van der Waals surface area contributed by atoms with E-state index in [0.717, 1.165) is 38.1 Å². The van der Waals surface area contributed by atoms with Gasteiger partial charge in [-0.2, -0.15) is 0 Å². The maximum Gasteiger partial charge on any atom is 0.259 e. The smallest absolute Gasteiger partial charge is 0.259 e. The highest BCUT2D eigenvalue weighted by molar-refractivity contribution is 6.04. The van der Waals surface area contributed by atoms with Gasteiger partial charge in [0.05, 0.1) is 11.3 Å². The lowest BCUT2D eigenvalue weighted by molar-refractivity contribution is 0.102. The molecule has 1 amide bonds. The largest absolute Gasteiger partial charge is 0.341 e. The van der Waals surface area contributed by atoms with Crippen LogP contribution in [-0.4, -0.2) is 29.0 Å². The third-order valence-corrected chi connectivity index (χ3v) is 3.78. The summed E-state index contributed by atoms with van der Waals surface area (Å²) in [4.78, 5) is 22.9. The van der Waals surface area contributed by atoms with Gasteiger partial charge in [0.2, 0.25) is 5.95 Å². The summed E-state index contributed by atoms with van der Waals surface area (Å²) in [7, 11) is 0. The molecule has 1 aliphatic rings. The third kappa shape index (κ3) is 3.28. The number of hydrogen-bond donors (Lipinski definition) is 1. The van der Waals surface area contributed by atoms with E-state index in [0.29, 0.717) is 17.2 Å². The summed E-state index contributed by atoms with van der Waals surface area (Å²) in [5.74, 6) is -1.82. The Morgan fingerprint density at radius 1 is 1.22 bits per heavy atom. The van der Waals surface area contributed by atoms with Gasteiger partial charge in [-0.15, -0.1) is 0 Å². The number of anilines is 2. The molecule has 2 heterocycles. The number of hydrogen-bond acceptors (Lipinski definition) is 4. The normalized spacial score (nSPS) is 14.1. The average Bonchev–Trinajstić information content (AvgIpc) is 3.05. The Kier molecular flexibility index (Phi) is 4.18. The molecular weight excluding hydrogens is 302 g/mol. The first-order valence-corrected chi connectivity index (χ1v) is 7.39.